The van der Waals surface area contributed by atoms with Crippen molar-refractivity contribution in [3.05, 3.63) is 30.3 Å². The number of thioether (sulfide) groups is 1. The minimum atomic E-state index is -2.22. The summed E-state index contributed by atoms with van der Waals surface area (Å²) in [5.41, 5.74) is 3.51. The van der Waals surface area contributed by atoms with E-state index < -0.39 is 46.5 Å². The van der Waals surface area contributed by atoms with Crippen molar-refractivity contribution in [1.82, 2.24) is 4.90 Å². The maximum atomic E-state index is 12.3. The van der Waals surface area contributed by atoms with Crippen molar-refractivity contribution in [3.8, 4) is 5.75 Å². The Labute approximate surface area is 141 Å². The second-order valence-electron chi connectivity index (χ2n) is 5.69. The van der Waals surface area contributed by atoms with Crippen LogP contribution in [0.15, 0.2) is 30.3 Å². The number of ether oxygens (including phenoxy) is 1. The Balaban J connectivity index is 1.64. The van der Waals surface area contributed by atoms with Gasteiger partial charge in [0.05, 0.1) is 17.3 Å². The van der Waals surface area contributed by atoms with E-state index in [0.717, 1.165) is 11.8 Å². The lowest BCUT2D eigenvalue weighted by Gasteiger charge is -2.53. The second-order valence-corrected chi connectivity index (χ2v) is 6.95. The Morgan fingerprint density at radius 2 is 2.04 bits per heavy atom. The number of carboxylic acids is 1. The van der Waals surface area contributed by atoms with Crippen molar-refractivity contribution in [2.75, 3.05) is 13.2 Å². The summed E-state index contributed by atoms with van der Waals surface area (Å²) in [6.07, 6.45) is 0. The van der Waals surface area contributed by atoms with E-state index in [9.17, 15) is 19.5 Å². The Morgan fingerprint density at radius 3 is 2.67 bits per heavy atom. The van der Waals surface area contributed by atoms with Crippen LogP contribution in [0, 0.1) is 5.92 Å². The molecule has 24 heavy (non-hydrogen) atoms. The summed E-state index contributed by atoms with van der Waals surface area (Å²) < 4.78 is 5.35. The van der Waals surface area contributed by atoms with E-state index >= 15 is 0 Å². The third-order valence-corrected chi connectivity index (χ3v) is 5.64. The van der Waals surface area contributed by atoms with Crippen molar-refractivity contribution >= 4 is 29.4 Å². The molecule has 2 aliphatic heterocycles. The minimum absolute atomic E-state index is 0.260. The molecular formula is C15H16N2O6S. The fourth-order valence-electron chi connectivity index (χ4n) is 2.70. The molecule has 3 rings (SSSR count). The zero-order valence-electron chi connectivity index (χ0n) is 12.5. The zero-order valence-corrected chi connectivity index (χ0v) is 13.3. The number of fused-ring (bicyclic) bond motifs is 1. The van der Waals surface area contributed by atoms with Gasteiger partial charge < -0.3 is 25.6 Å². The van der Waals surface area contributed by atoms with Crippen LogP contribution < -0.4 is 10.5 Å². The number of hydrogen-bond acceptors (Lipinski definition) is 7. The van der Waals surface area contributed by atoms with E-state index in [1.807, 2.05) is 6.07 Å². The fraction of sp³-hybridized carbons (Fsp3) is 0.400. The molecule has 9 heteroatoms. The van der Waals surface area contributed by atoms with Crippen LogP contribution in [0.25, 0.3) is 0 Å². The predicted octanol–water partition coefficient (Wildman–Crippen LogP) is -0.734. The molecule has 0 bridgehead atoms. The fourth-order valence-corrected chi connectivity index (χ4v) is 4.15. The molecule has 0 spiro atoms. The number of hydrogen-bond donors (Lipinski definition) is 3. The summed E-state index contributed by atoms with van der Waals surface area (Å²) in [5, 5.41) is 17.5. The third kappa shape index (κ3) is 2.64. The first-order valence-electron chi connectivity index (χ1n) is 7.22. The molecule has 0 aromatic heterocycles. The number of Topliss-reactive ketones (excluding diaryl/α,β-unsaturated/α-hetero) is 1. The van der Waals surface area contributed by atoms with Gasteiger partial charge in [0.25, 0.3) is 0 Å². The Hall–Kier alpha value is -2.10. The number of nitrogens with zero attached hydrogens (tertiary/aromatic N) is 1. The average Bonchev–Trinajstić information content (AvgIpc) is 2.57. The monoisotopic (exact) mass is 352 g/mol. The number of aliphatic carboxylic acids is 1. The molecule has 2 saturated heterocycles. The van der Waals surface area contributed by atoms with E-state index in [4.69, 9.17) is 15.6 Å². The Morgan fingerprint density at radius 1 is 1.38 bits per heavy atom. The van der Waals surface area contributed by atoms with Gasteiger partial charge in [-0.3, -0.25) is 9.59 Å². The number of carbonyl (C=O) groups is 3. The maximum Gasteiger partial charge on any atom is 0.340 e. The standard InChI is InChI=1S/C15H16N2O6S/c16-13-15(22,14(20)21)7-17-11(19)10(12(17)24-13)9(18)6-23-8-4-2-1-3-5-8/h1-5,10,12-13,22H,6-7,16H2,(H,20,21)/t10?,12-,13?,15?/m1/s1. The number of rotatable bonds is 5. The summed E-state index contributed by atoms with van der Waals surface area (Å²) in [6.45, 7) is -0.687. The molecule has 2 heterocycles. The molecule has 1 aromatic rings. The molecule has 1 amide bonds. The van der Waals surface area contributed by atoms with Crippen LogP contribution in [0.3, 0.4) is 0 Å². The number of aliphatic hydroxyl groups is 1. The van der Waals surface area contributed by atoms with Crippen molar-refractivity contribution in [2.24, 2.45) is 11.7 Å². The topological polar surface area (TPSA) is 130 Å². The summed E-state index contributed by atoms with van der Waals surface area (Å²) in [4.78, 5) is 36.8. The van der Waals surface area contributed by atoms with E-state index in [-0.39, 0.29) is 6.61 Å². The van der Waals surface area contributed by atoms with E-state index in [1.54, 1.807) is 24.3 Å². The van der Waals surface area contributed by atoms with Gasteiger partial charge in [-0.1, -0.05) is 18.2 Å². The lowest BCUT2D eigenvalue weighted by atomic mass is 9.90. The zero-order chi connectivity index (χ0) is 17.5. The molecule has 0 saturated carbocycles. The highest BCUT2D eigenvalue weighted by Gasteiger charge is 2.61. The number of benzene rings is 1. The van der Waals surface area contributed by atoms with E-state index in [1.165, 1.54) is 4.90 Å². The highest BCUT2D eigenvalue weighted by Crippen LogP contribution is 2.44. The lowest BCUT2D eigenvalue weighted by molar-refractivity contribution is -0.172. The molecule has 1 aromatic carbocycles. The first-order valence-corrected chi connectivity index (χ1v) is 8.17. The Kier molecular flexibility index (Phi) is 4.24. The number of carbonyl (C=O) groups excluding carboxylic acids is 2. The second kappa shape index (κ2) is 6.08. The number of para-hydroxylation sites is 1. The summed E-state index contributed by atoms with van der Waals surface area (Å²) in [5.74, 6) is -2.81. The summed E-state index contributed by atoms with van der Waals surface area (Å²) >= 11 is 0.909. The van der Waals surface area contributed by atoms with Crippen molar-refractivity contribution in [3.63, 3.8) is 0 Å². The van der Waals surface area contributed by atoms with Gasteiger partial charge in [-0.05, 0) is 12.1 Å². The number of amides is 1. The van der Waals surface area contributed by atoms with Crippen molar-refractivity contribution < 1.29 is 29.3 Å². The normalized spacial score (nSPS) is 31.8. The van der Waals surface area contributed by atoms with Crippen LogP contribution in [0.1, 0.15) is 0 Å². The third-order valence-electron chi connectivity index (χ3n) is 4.15. The average molecular weight is 352 g/mol. The molecule has 8 nitrogen and oxygen atoms in total. The smallest absolute Gasteiger partial charge is 0.340 e. The molecule has 2 aliphatic rings. The van der Waals surface area contributed by atoms with Crippen LogP contribution in [-0.4, -0.2) is 62.3 Å². The molecular weight excluding hydrogens is 336 g/mol. The van der Waals surface area contributed by atoms with E-state index in [2.05, 4.69) is 0 Å². The van der Waals surface area contributed by atoms with Crippen LogP contribution in [0.2, 0.25) is 0 Å². The van der Waals surface area contributed by atoms with Crippen LogP contribution >= 0.6 is 11.8 Å². The van der Waals surface area contributed by atoms with Gasteiger partial charge >= 0.3 is 5.97 Å². The van der Waals surface area contributed by atoms with Gasteiger partial charge in [-0.2, -0.15) is 0 Å². The van der Waals surface area contributed by atoms with Gasteiger partial charge in [0.1, 0.15) is 18.3 Å². The number of carboxylic acid groups (broad SMARTS) is 1. The van der Waals surface area contributed by atoms with Gasteiger partial charge in [-0.15, -0.1) is 11.8 Å². The lowest BCUT2D eigenvalue weighted by Crippen LogP contribution is -2.74. The highest BCUT2D eigenvalue weighted by molar-refractivity contribution is 8.00. The Bertz CT molecular complexity index is 684. The highest BCUT2D eigenvalue weighted by atomic mass is 32.2. The molecule has 2 fully saturated rings. The maximum absolute atomic E-state index is 12.3. The molecule has 128 valence electrons. The molecule has 4 N–H and O–H groups in total. The van der Waals surface area contributed by atoms with Gasteiger partial charge in [0.15, 0.2) is 5.78 Å². The van der Waals surface area contributed by atoms with Gasteiger partial charge in [0, 0.05) is 0 Å². The quantitative estimate of drug-likeness (QED) is 0.467. The van der Waals surface area contributed by atoms with Gasteiger partial charge in [-0.25, -0.2) is 4.79 Å². The number of nitrogens with two attached hydrogens (primary N) is 1. The summed E-state index contributed by atoms with van der Waals surface area (Å²) in [6, 6.07) is 8.73. The molecule has 0 aliphatic carbocycles. The van der Waals surface area contributed by atoms with E-state index in [0.29, 0.717) is 5.75 Å². The van der Waals surface area contributed by atoms with Crippen LogP contribution in [-0.2, 0) is 14.4 Å². The first-order chi connectivity index (χ1) is 11.3. The molecule has 4 atom stereocenters. The predicted molar refractivity (Wildman–Crippen MR) is 84.1 cm³/mol. The van der Waals surface area contributed by atoms with Crippen LogP contribution in [0.4, 0.5) is 0 Å². The first kappa shape index (κ1) is 16.7. The summed E-state index contributed by atoms with van der Waals surface area (Å²) in [7, 11) is 0. The molecule has 3 unspecified atom stereocenters. The minimum Gasteiger partial charge on any atom is -0.486 e. The van der Waals surface area contributed by atoms with Crippen LogP contribution in [0.5, 0.6) is 5.75 Å². The SMILES string of the molecule is NC1S[C@@H]2C(C(=O)COc3ccccc3)C(=O)N2CC1(O)C(=O)O. The van der Waals surface area contributed by atoms with Crippen molar-refractivity contribution in [2.45, 2.75) is 16.3 Å². The largest absolute Gasteiger partial charge is 0.486 e. The van der Waals surface area contributed by atoms with Crippen molar-refractivity contribution in [1.29, 1.82) is 0 Å². The number of β-lactam (4-membered cyclic amide) rings is 1. The molecule has 0 radical (unpaired) electrons. The number of ketones is 1. The van der Waals surface area contributed by atoms with Gasteiger partial charge in [0.2, 0.25) is 11.5 Å².